The van der Waals surface area contributed by atoms with Crippen molar-refractivity contribution in [3.8, 4) is 5.75 Å². The summed E-state index contributed by atoms with van der Waals surface area (Å²) in [6.45, 7) is 2.88. The summed E-state index contributed by atoms with van der Waals surface area (Å²) < 4.78 is 15.7. The quantitative estimate of drug-likeness (QED) is 0.880. The number of amides is 1. The maximum absolute atomic E-state index is 12.0. The van der Waals surface area contributed by atoms with Crippen LogP contribution in [0.25, 0.3) is 0 Å². The van der Waals surface area contributed by atoms with Crippen molar-refractivity contribution in [3.05, 3.63) is 47.9 Å². The summed E-state index contributed by atoms with van der Waals surface area (Å²) in [6.07, 6.45) is 0. The first-order chi connectivity index (χ1) is 9.72. The van der Waals surface area contributed by atoms with Gasteiger partial charge in [0, 0.05) is 12.3 Å². The van der Waals surface area contributed by atoms with Gasteiger partial charge in [0.15, 0.2) is 5.76 Å². The fourth-order valence-electron chi connectivity index (χ4n) is 1.65. The predicted molar refractivity (Wildman–Crippen MR) is 75.0 cm³/mol. The highest BCUT2D eigenvalue weighted by Gasteiger charge is 2.11. The summed E-state index contributed by atoms with van der Waals surface area (Å²) in [5.41, 5.74) is 0.679. The van der Waals surface area contributed by atoms with E-state index in [2.05, 4.69) is 5.32 Å². The average Bonchev–Trinajstić information content (AvgIpc) is 2.95. The van der Waals surface area contributed by atoms with Gasteiger partial charge < -0.3 is 19.2 Å². The number of anilines is 1. The fraction of sp³-hybridized carbons (Fsp3) is 0.267. The Morgan fingerprint density at radius 1 is 1.20 bits per heavy atom. The van der Waals surface area contributed by atoms with Gasteiger partial charge in [0.05, 0.1) is 7.11 Å². The summed E-state index contributed by atoms with van der Waals surface area (Å²) in [7, 11) is 1.59. The lowest BCUT2D eigenvalue weighted by molar-refractivity contribution is 0.0972. The summed E-state index contributed by atoms with van der Waals surface area (Å²) in [5, 5.41) is 2.75. The molecule has 0 fully saturated rings. The van der Waals surface area contributed by atoms with Crippen molar-refractivity contribution in [1.82, 2.24) is 0 Å². The lowest BCUT2D eigenvalue weighted by Gasteiger charge is -2.04. The highest BCUT2D eigenvalue weighted by atomic mass is 16.5. The number of methoxy groups -OCH3 is 1. The molecule has 0 spiro atoms. The zero-order valence-electron chi connectivity index (χ0n) is 11.5. The smallest absolute Gasteiger partial charge is 0.291 e. The van der Waals surface area contributed by atoms with E-state index >= 15 is 0 Å². The zero-order chi connectivity index (χ0) is 14.4. The van der Waals surface area contributed by atoms with E-state index in [4.69, 9.17) is 13.9 Å². The normalized spacial score (nSPS) is 10.3. The lowest BCUT2D eigenvalue weighted by atomic mass is 10.3. The van der Waals surface area contributed by atoms with Crippen LogP contribution < -0.4 is 10.1 Å². The first-order valence-corrected chi connectivity index (χ1v) is 6.34. The molecule has 1 aromatic carbocycles. The second-order valence-corrected chi connectivity index (χ2v) is 4.09. The van der Waals surface area contributed by atoms with E-state index in [-0.39, 0.29) is 11.7 Å². The van der Waals surface area contributed by atoms with E-state index < -0.39 is 0 Å². The van der Waals surface area contributed by atoms with Gasteiger partial charge in [-0.05, 0) is 43.3 Å². The minimum Gasteiger partial charge on any atom is -0.497 e. The standard InChI is InChI=1S/C15H17NO4/c1-3-19-10-13-8-9-14(20-13)15(17)16-11-4-6-12(18-2)7-5-11/h4-9H,3,10H2,1-2H3,(H,16,17). The Kier molecular flexibility index (Phi) is 4.79. The molecular formula is C15H17NO4. The van der Waals surface area contributed by atoms with E-state index in [1.807, 2.05) is 6.92 Å². The molecular weight excluding hydrogens is 258 g/mol. The van der Waals surface area contributed by atoms with E-state index in [1.54, 1.807) is 43.5 Å². The molecule has 0 saturated carbocycles. The molecule has 0 radical (unpaired) electrons. The van der Waals surface area contributed by atoms with Crippen LogP contribution in [0.15, 0.2) is 40.8 Å². The van der Waals surface area contributed by atoms with Gasteiger partial charge in [0.25, 0.3) is 5.91 Å². The number of rotatable bonds is 6. The van der Waals surface area contributed by atoms with Crippen LogP contribution in [0.5, 0.6) is 5.75 Å². The first-order valence-electron chi connectivity index (χ1n) is 6.34. The third-order valence-electron chi connectivity index (χ3n) is 2.68. The van der Waals surface area contributed by atoms with Gasteiger partial charge >= 0.3 is 0 Å². The zero-order valence-corrected chi connectivity index (χ0v) is 11.5. The largest absolute Gasteiger partial charge is 0.497 e. The molecule has 1 heterocycles. The Morgan fingerprint density at radius 3 is 2.60 bits per heavy atom. The van der Waals surface area contributed by atoms with Crippen LogP contribution >= 0.6 is 0 Å². The fourth-order valence-corrected chi connectivity index (χ4v) is 1.65. The third-order valence-corrected chi connectivity index (χ3v) is 2.68. The molecule has 0 bridgehead atoms. The topological polar surface area (TPSA) is 60.7 Å². The predicted octanol–water partition coefficient (Wildman–Crippen LogP) is 3.08. The van der Waals surface area contributed by atoms with E-state index in [0.29, 0.717) is 24.7 Å². The maximum Gasteiger partial charge on any atom is 0.291 e. The Hall–Kier alpha value is -2.27. The molecule has 2 rings (SSSR count). The van der Waals surface area contributed by atoms with Crippen molar-refractivity contribution in [2.75, 3.05) is 19.0 Å². The van der Waals surface area contributed by atoms with Crippen LogP contribution in [0.2, 0.25) is 0 Å². The summed E-state index contributed by atoms with van der Waals surface area (Å²) in [6, 6.07) is 10.4. The molecule has 5 nitrogen and oxygen atoms in total. The van der Waals surface area contributed by atoms with E-state index in [1.165, 1.54) is 0 Å². The highest BCUT2D eigenvalue weighted by Crippen LogP contribution is 2.17. The average molecular weight is 275 g/mol. The van der Waals surface area contributed by atoms with Gasteiger partial charge in [-0.3, -0.25) is 4.79 Å². The van der Waals surface area contributed by atoms with Gasteiger partial charge in [0.1, 0.15) is 18.1 Å². The SMILES string of the molecule is CCOCc1ccc(C(=O)Nc2ccc(OC)cc2)o1. The molecule has 0 aliphatic heterocycles. The number of hydrogen-bond donors (Lipinski definition) is 1. The minimum absolute atomic E-state index is 0.260. The number of carbonyl (C=O) groups is 1. The monoisotopic (exact) mass is 275 g/mol. The van der Waals surface area contributed by atoms with Gasteiger partial charge in [0.2, 0.25) is 0 Å². The molecule has 0 atom stereocenters. The Labute approximate surface area is 117 Å². The maximum atomic E-state index is 12.0. The molecule has 0 unspecified atom stereocenters. The Bertz CT molecular complexity index is 560. The van der Waals surface area contributed by atoms with Crippen molar-refractivity contribution < 1.29 is 18.7 Å². The number of nitrogens with one attached hydrogen (secondary N) is 1. The number of ether oxygens (including phenoxy) is 2. The van der Waals surface area contributed by atoms with Crippen LogP contribution in [0.4, 0.5) is 5.69 Å². The van der Waals surface area contributed by atoms with Gasteiger partial charge in [-0.1, -0.05) is 0 Å². The molecule has 1 aromatic heterocycles. The van der Waals surface area contributed by atoms with Crippen molar-refractivity contribution in [2.24, 2.45) is 0 Å². The number of furan rings is 1. The third kappa shape index (κ3) is 3.61. The van der Waals surface area contributed by atoms with Crippen molar-refractivity contribution >= 4 is 11.6 Å². The number of hydrogen-bond acceptors (Lipinski definition) is 4. The van der Waals surface area contributed by atoms with E-state index in [0.717, 1.165) is 5.75 Å². The lowest BCUT2D eigenvalue weighted by Crippen LogP contribution is -2.10. The molecule has 0 aliphatic rings. The molecule has 0 aliphatic carbocycles. The van der Waals surface area contributed by atoms with Gasteiger partial charge in [-0.25, -0.2) is 0 Å². The molecule has 0 saturated heterocycles. The Balaban J connectivity index is 1.98. The van der Waals surface area contributed by atoms with Crippen LogP contribution in [-0.4, -0.2) is 19.6 Å². The van der Waals surface area contributed by atoms with Gasteiger partial charge in [-0.15, -0.1) is 0 Å². The molecule has 106 valence electrons. The van der Waals surface area contributed by atoms with Gasteiger partial charge in [-0.2, -0.15) is 0 Å². The van der Waals surface area contributed by atoms with Crippen molar-refractivity contribution in [3.63, 3.8) is 0 Å². The molecule has 1 amide bonds. The molecule has 20 heavy (non-hydrogen) atoms. The number of carbonyl (C=O) groups excluding carboxylic acids is 1. The number of benzene rings is 1. The molecule has 1 N–H and O–H groups in total. The van der Waals surface area contributed by atoms with Crippen LogP contribution in [-0.2, 0) is 11.3 Å². The second-order valence-electron chi connectivity index (χ2n) is 4.09. The Morgan fingerprint density at radius 2 is 1.95 bits per heavy atom. The van der Waals surface area contributed by atoms with Crippen LogP contribution in [0, 0.1) is 0 Å². The van der Waals surface area contributed by atoms with E-state index in [9.17, 15) is 4.79 Å². The van der Waals surface area contributed by atoms with Crippen molar-refractivity contribution in [1.29, 1.82) is 0 Å². The molecule has 2 aromatic rings. The van der Waals surface area contributed by atoms with Crippen LogP contribution in [0.3, 0.4) is 0 Å². The second kappa shape index (κ2) is 6.77. The highest BCUT2D eigenvalue weighted by molar-refractivity contribution is 6.02. The minimum atomic E-state index is -0.294. The van der Waals surface area contributed by atoms with Crippen molar-refractivity contribution in [2.45, 2.75) is 13.5 Å². The van der Waals surface area contributed by atoms with Crippen LogP contribution in [0.1, 0.15) is 23.2 Å². The summed E-state index contributed by atoms with van der Waals surface area (Å²) in [5.74, 6) is 1.33. The summed E-state index contributed by atoms with van der Waals surface area (Å²) >= 11 is 0. The molecule has 5 heteroatoms. The first kappa shape index (κ1) is 14.1. The summed E-state index contributed by atoms with van der Waals surface area (Å²) in [4.78, 5) is 12.0.